The molecule has 2 heterocycles. The molecule has 1 atom stereocenters. The molecule has 1 unspecified atom stereocenters. The van der Waals surface area contributed by atoms with Gasteiger partial charge in [-0.2, -0.15) is 0 Å². The highest BCUT2D eigenvalue weighted by molar-refractivity contribution is 6.04. The van der Waals surface area contributed by atoms with Crippen LogP contribution < -0.4 is 5.32 Å². The highest BCUT2D eigenvalue weighted by Crippen LogP contribution is 2.23. The van der Waals surface area contributed by atoms with Crippen LogP contribution >= 0.6 is 0 Å². The Balaban J connectivity index is 2.00. The Bertz CT molecular complexity index is 573. The minimum absolute atomic E-state index is 0.00404. The van der Waals surface area contributed by atoms with Gasteiger partial charge in [0.1, 0.15) is 11.6 Å². The largest absolute Gasteiger partial charge is 0.444 e. The Hall–Kier alpha value is -2.52. The van der Waals surface area contributed by atoms with Crippen molar-refractivity contribution in [3.05, 3.63) is 0 Å². The Morgan fingerprint density at radius 1 is 1.24 bits per heavy atom. The fourth-order valence-electron chi connectivity index (χ4n) is 2.49. The summed E-state index contributed by atoms with van der Waals surface area (Å²) in [6, 6.07) is -1.58. The third-order valence-electron chi connectivity index (χ3n) is 3.63. The number of hydrogen-bond acceptors (Lipinski definition) is 6. The Labute approximate surface area is 145 Å². The predicted octanol–water partition coefficient (Wildman–Crippen LogP) is 0.921. The van der Waals surface area contributed by atoms with Crippen LogP contribution in [0, 0.1) is 0 Å². The maximum Gasteiger partial charge on any atom is 0.432 e. The van der Waals surface area contributed by atoms with Gasteiger partial charge in [0, 0.05) is 19.6 Å². The molecular weight excluding hydrogens is 332 g/mol. The number of ether oxygens (including phenoxy) is 1. The molecule has 10 heteroatoms. The van der Waals surface area contributed by atoms with E-state index in [2.05, 4.69) is 5.32 Å². The first kappa shape index (κ1) is 18.8. The molecule has 2 aliphatic heterocycles. The smallest absolute Gasteiger partial charge is 0.432 e. The molecule has 5 amide bonds. The van der Waals surface area contributed by atoms with Gasteiger partial charge in [-0.3, -0.25) is 4.79 Å². The summed E-state index contributed by atoms with van der Waals surface area (Å²) in [4.78, 5) is 55.9. The first-order valence-electron chi connectivity index (χ1n) is 8.22. The molecule has 10 nitrogen and oxygen atoms in total. The maximum absolute atomic E-state index is 12.4. The average Bonchev–Trinajstić information content (AvgIpc) is 2.76. The van der Waals surface area contributed by atoms with E-state index in [1.54, 1.807) is 20.8 Å². The van der Waals surface area contributed by atoms with Gasteiger partial charge in [0.25, 0.3) is 5.91 Å². The molecule has 0 aliphatic carbocycles. The number of piperazine rings is 1. The second kappa shape index (κ2) is 7.16. The van der Waals surface area contributed by atoms with Crippen molar-refractivity contribution >= 4 is 24.1 Å². The van der Waals surface area contributed by atoms with Crippen molar-refractivity contribution in [1.82, 2.24) is 20.2 Å². The summed E-state index contributed by atoms with van der Waals surface area (Å²) < 4.78 is 5.29. The van der Waals surface area contributed by atoms with Crippen LogP contribution in [0.1, 0.15) is 34.1 Å². The highest BCUT2D eigenvalue weighted by atomic mass is 16.7. The van der Waals surface area contributed by atoms with E-state index in [0.717, 1.165) is 0 Å². The van der Waals surface area contributed by atoms with Crippen molar-refractivity contribution < 1.29 is 28.8 Å². The molecule has 0 aromatic heterocycles. The van der Waals surface area contributed by atoms with Gasteiger partial charge in [-0.05, 0) is 27.2 Å². The van der Waals surface area contributed by atoms with E-state index in [-0.39, 0.29) is 19.6 Å². The lowest BCUT2D eigenvalue weighted by Gasteiger charge is -2.35. The molecule has 0 spiro atoms. The van der Waals surface area contributed by atoms with Crippen molar-refractivity contribution in [3.63, 3.8) is 0 Å². The standard InChI is InChI=1S/C15H24N4O6/c1-5-6-16-12(21)25-19-11(20)10-9-17(7-8-18(10)13(19)22)14(23)24-15(2,3)4/h10H,5-9H2,1-4H3,(H,16,21). The van der Waals surface area contributed by atoms with E-state index < -0.39 is 35.8 Å². The van der Waals surface area contributed by atoms with Crippen LogP contribution in [0.2, 0.25) is 0 Å². The summed E-state index contributed by atoms with van der Waals surface area (Å²) >= 11 is 0. The summed E-state index contributed by atoms with van der Waals surface area (Å²) in [5.41, 5.74) is -0.657. The van der Waals surface area contributed by atoms with Crippen LogP contribution in [-0.2, 0) is 14.4 Å². The monoisotopic (exact) mass is 356 g/mol. The molecule has 2 saturated heterocycles. The van der Waals surface area contributed by atoms with Gasteiger partial charge in [0.05, 0.1) is 6.54 Å². The molecule has 0 aromatic rings. The molecule has 0 aromatic carbocycles. The molecular formula is C15H24N4O6. The number of urea groups is 1. The Morgan fingerprint density at radius 3 is 2.52 bits per heavy atom. The number of carbonyl (C=O) groups is 4. The molecule has 0 bridgehead atoms. The third-order valence-corrected chi connectivity index (χ3v) is 3.63. The molecule has 0 radical (unpaired) electrons. The Kier molecular flexibility index (Phi) is 5.39. The SMILES string of the molecule is CCCNC(=O)ON1C(=O)C2CN(C(=O)OC(C)(C)C)CCN2C1=O. The van der Waals surface area contributed by atoms with Crippen LogP contribution in [0.5, 0.6) is 0 Å². The minimum atomic E-state index is -0.882. The number of fused-ring (bicyclic) bond motifs is 1. The number of nitrogens with zero attached hydrogens (tertiary/aromatic N) is 3. The minimum Gasteiger partial charge on any atom is -0.444 e. The highest BCUT2D eigenvalue weighted by Gasteiger charge is 2.51. The van der Waals surface area contributed by atoms with Crippen LogP contribution in [0.25, 0.3) is 0 Å². The number of hydrogen-bond donors (Lipinski definition) is 1. The number of nitrogens with one attached hydrogen (secondary N) is 1. The van der Waals surface area contributed by atoms with Crippen molar-refractivity contribution in [2.75, 3.05) is 26.2 Å². The van der Waals surface area contributed by atoms with E-state index in [1.165, 1.54) is 9.80 Å². The number of amides is 5. The lowest BCUT2D eigenvalue weighted by Crippen LogP contribution is -2.55. The summed E-state index contributed by atoms with van der Waals surface area (Å²) in [7, 11) is 0. The van der Waals surface area contributed by atoms with Gasteiger partial charge in [0.15, 0.2) is 0 Å². The zero-order chi connectivity index (χ0) is 18.8. The summed E-state index contributed by atoms with van der Waals surface area (Å²) in [6.07, 6.45) is -0.726. The molecule has 25 heavy (non-hydrogen) atoms. The van der Waals surface area contributed by atoms with Gasteiger partial charge >= 0.3 is 18.2 Å². The number of imide groups is 1. The van der Waals surface area contributed by atoms with E-state index in [4.69, 9.17) is 9.57 Å². The normalized spacial score (nSPS) is 20.5. The fourth-order valence-corrected chi connectivity index (χ4v) is 2.49. The van der Waals surface area contributed by atoms with Gasteiger partial charge in [0.2, 0.25) is 0 Å². The van der Waals surface area contributed by atoms with E-state index in [0.29, 0.717) is 18.0 Å². The second-order valence-electron chi connectivity index (χ2n) is 6.86. The molecule has 1 N–H and O–H groups in total. The molecule has 2 fully saturated rings. The zero-order valence-corrected chi connectivity index (χ0v) is 14.9. The quantitative estimate of drug-likeness (QED) is 0.753. The lowest BCUT2D eigenvalue weighted by molar-refractivity contribution is -0.150. The van der Waals surface area contributed by atoms with Crippen LogP contribution in [0.4, 0.5) is 14.4 Å². The fraction of sp³-hybridized carbons (Fsp3) is 0.733. The predicted molar refractivity (Wildman–Crippen MR) is 85.3 cm³/mol. The summed E-state index contributed by atoms with van der Waals surface area (Å²) in [5.74, 6) is -0.676. The molecule has 2 rings (SSSR count). The van der Waals surface area contributed by atoms with Crippen molar-refractivity contribution in [2.24, 2.45) is 0 Å². The van der Waals surface area contributed by atoms with E-state index in [9.17, 15) is 19.2 Å². The third kappa shape index (κ3) is 4.31. The zero-order valence-electron chi connectivity index (χ0n) is 14.9. The van der Waals surface area contributed by atoms with Crippen LogP contribution in [0.3, 0.4) is 0 Å². The van der Waals surface area contributed by atoms with E-state index >= 15 is 0 Å². The van der Waals surface area contributed by atoms with Gasteiger partial charge in [-0.15, -0.1) is 0 Å². The van der Waals surface area contributed by atoms with Crippen LogP contribution in [-0.4, -0.2) is 76.8 Å². The summed E-state index contributed by atoms with van der Waals surface area (Å²) in [6.45, 7) is 7.86. The second-order valence-corrected chi connectivity index (χ2v) is 6.86. The van der Waals surface area contributed by atoms with Gasteiger partial charge < -0.3 is 24.7 Å². The van der Waals surface area contributed by atoms with Crippen molar-refractivity contribution in [1.29, 1.82) is 0 Å². The molecule has 140 valence electrons. The van der Waals surface area contributed by atoms with Crippen molar-refractivity contribution in [2.45, 2.75) is 45.8 Å². The number of carbonyl (C=O) groups excluding carboxylic acids is 4. The number of rotatable bonds is 3. The van der Waals surface area contributed by atoms with Gasteiger partial charge in [-0.1, -0.05) is 12.0 Å². The molecule has 0 saturated carbocycles. The Morgan fingerprint density at radius 2 is 1.92 bits per heavy atom. The van der Waals surface area contributed by atoms with E-state index in [1.807, 2.05) is 6.92 Å². The first-order chi connectivity index (χ1) is 11.6. The molecule has 2 aliphatic rings. The maximum atomic E-state index is 12.4. The summed E-state index contributed by atoms with van der Waals surface area (Å²) in [5, 5.41) is 2.88. The van der Waals surface area contributed by atoms with Gasteiger partial charge in [-0.25, -0.2) is 14.4 Å². The number of hydroxylamine groups is 2. The average molecular weight is 356 g/mol. The lowest BCUT2D eigenvalue weighted by atomic mass is 10.2. The first-order valence-corrected chi connectivity index (χ1v) is 8.22. The van der Waals surface area contributed by atoms with Crippen LogP contribution in [0.15, 0.2) is 0 Å². The van der Waals surface area contributed by atoms with Crippen molar-refractivity contribution in [3.8, 4) is 0 Å². The topological polar surface area (TPSA) is 108 Å².